The molecule has 28 heteroatoms. The molecule has 0 spiro atoms. The first-order valence-electron chi connectivity index (χ1n) is 16.7. The molecule has 0 fully saturated rings. The number of anilines is 3. The second-order valence-corrected chi connectivity index (χ2v) is 12.4. The van der Waals surface area contributed by atoms with Gasteiger partial charge in [0.25, 0.3) is 5.56 Å². The Morgan fingerprint density at radius 1 is 0.828 bits per heavy atom. The van der Waals surface area contributed by atoms with Crippen molar-refractivity contribution in [3.63, 3.8) is 0 Å². The quantitative estimate of drug-likeness (QED) is 0.0753. The first kappa shape index (κ1) is 52.1. The Bertz CT molecular complexity index is 2600. The molecule has 5 rings (SSSR count). The van der Waals surface area contributed by atoms with Gasteiger partial charge in [-0.2, -0.15) is 50.0 Å². The third kappa shape index (κ3) is 14.8. The zero-order chi connectivity index (χ0) is 49.1. The van der Waals surface area contributed by atoms with Gasteiger partial charge in [0.1, 0.15) is 36.1 Å². The minimum absolute atomic E-state index is 0.0140. The highest BCUT2D eigenvalue weighted by Gasteiger charge is 2.39. The molecule has 0 saturated heterocycles. The summed E-state index contributed by atoms with van der Waals surface area (Å²) in [4.78, 5) is 47.9. The number of fused-ring (bicyclic) bond motifs is 1. The van der Waals surface area contributed by atoms with Crippen molar-refractivity contribution in [1.29, 1.82) is 10.5 Å². The molecular formula is C36H27F12N9O7. The summed E-state index contributed by atoms with van der Waals surface area (Å²) in [5, 5.41) is 39.9. The largest absolute Gasteiger partial charge is 0.490 e. The summed E-state index contributed by atoms with van der Waals surface area (Å²) in [7, 11) is 0. The summed E-state index contributed by atoms with van der Waals surface area (Å²) in [5.74, 6) is -8.74. The number of aliphatic carboxylic acids is 2. The number of hydrogen-bond donors (Lipinski definition) is 6. The number of nitrogen functional groups attached to an aromatic ring is 2. The van der Waals surface area contributed by atoms with Crippen LogP contribution < -0.4 is 27.7 Å². The molecule has 0 aliphatic heterocycles. The number of nitrogens with two attached hydrogens (primary N) is 2. The first-order valence-corrected chi connectivity index (χ1v) is 16.7. The lowest BCUT2D eigenvalue weighted by molar-refractivity contribution is -0.193. The van der Waals surface area contributed by atoms with Crippen molar-refractivity contribution < 1.29 is 81.8 Å². The molecule has 8 N–H and O–H groups in total. The molecule has 0 saturated carbocycles. The van der Waals surface area contributed by atoms with Gasteiger partial charge in [-0.05, 0) is 56.3 Å². The van der Waals surface area contributed by atoms with Gasteiger partial charge in [0.2, 0.25) is 5.91 Å². The van der Waals surface area contributed by atoms with Crippen LogP contribution in [0.3, 0.4) is 0 Å². The summed E-state index contributed by atoms with van der Waals surface area (Å²) in [6.45, 7) is 2.64. The fraction of sp³-hybridized carbons (Fsp3) is 0.222. The minimum Gasteiger partial charge on any atom is -0.475 e. The number of rotatable bonds is 7. The Kier molecular flexibility index (Phi) is 17.2. The summed E-state index contributed by atoms with van der Waals surface area (Å²) in [5.41, 5.74) is 8.69. The van der Waals surface area contributed by atoms with E-state index in [4.69, 9.17) is 46.3 Å². The Morgan fingerprint density at radius 2 is 1.34 bits per heavy atom. The van der Waals surface area contributed by atoms with E-state index in [0.29, 0.717) is 12.1 Å². The van der Waals surface area contributed by atoms with Crippen LogP contribution in [0.1, 0.15) is 36.1 Å². The average Bonchev–Trinajstić information content (AvgIpc) is 3.53. The Morgan fingerprint density at radius 3 is 1.80 bits per heavy atom. The van der Waals surface area contributed by atoms with Crippen LogP contribution in [0.4, 0.5) is 70.0 Å². The maximum Gasteiger partial charge on any atom is 0.490 e. The Labute approximate surface area is 348 Å². The van der Waals surface area contributed by atoms with Crippen LogP contribution in [-0.4, -0.2) is 61.2 Å². The van der Waals surface area contributed by atoms with Crippen LogP contribution in [-0.2, 0) is 33.6 Å². The van der Waals surface area contributed by atoms with Gasteiger partial charge in [0, 0.05) is 29.4 Å². The number of alkyl halides is 9. The van der Waals surface area contributed by atoms with E-state index in [-0.39, 0.29) is 57.7 Å². The van der Waals surface area contributed by atoms with Crippen LogP contribution in [0.25, 0.3) is 22.2 Å². The van der Waals surface area contributed by atoms with E-state index < -0.39 is 82.6 Å². The molecule has 0 aliphatic carbocycles. The number of amides is 1. The molecule has 64 heavy (non-hydrogen) atoms. The predicted octanol–water partition coefficient (Wildman–Crippen LogP) is 6.49. The highest BCUT2D eigenvalue weighted by atomic mass is 19.4. The van der Waals surface area contributed by atoms with Gasteiger partial charge in [-0.1, -0.05) is 5.16 Å². The second kappa shape index (κ2) is 21.2. The van der Waals surface area contributed by atoms with Crippen LogP contribution in [0.15, 0.2) is 58.0 Å². The molecule has 342 valence electrons. The fourth-order valence-corrected chi connectivity index (χ4v) is 4.48. The fourth-order valence-electron chi connectivity index (χ4n) is 4.48. The standard InChI is InChI=1S/C24H23F4N7O3.C8H2F2N2.2C2HF3O2/c1-11(2)33-22-23(37)35(18(9-32-22)12-3-14(24(26,27)28)6-15(29)4-12)10-20(36)31-8-13-5-19-16(7-17(13)25)21(30)34-38-19;9-7-1-5(3-11)8(10)2-6(7)4-12;2*3-2(4,5)1(6)7/h3-7,9,11H,8,10,29H2,1-2H3,(H2,30,34)(H,31,36)(H,32,33);1-2H;2*(H,6,7). The topological polar surface area (TPSA) is 276 Å². The molecular weight excluding hydrogens is 898 g/mol. The number of carbonyl (C=O) groups is 3. The number of nitriles is 2. The van der Waals surface area contributed by atoms with E-state index in [0.717, 1.165) is 22.8 Å². The summed E-state index contributed by atoms with van der Waals surface area (Å²) >= 11 is 0. The van der Waals surface area contributed by atoms with Gasteiger partial charge in [-0.15, -0.1) is 0 Å². The smallest absolute Gasteiger partial charge is 0.475 e. The van der Waals surface area contributed by atoms with E-state index in [1.165, 1.54) is 30.5 Å². The zero-order valence-corrected chi connectivity index (χ0v) is 32.0. The molecule has 3 aromatic carbocycles. The maximum atomic E-state index is 14.5. The van der Waals surface area contributed by atoms with Gasteiger partial charge in [-0.3, -0.25) is 14.2 Å². The molecule has 0 atom stereocenters. The van der Waals surface area contributed by atoms with Gasteiger partial charge < -0.3 is 36.8 Å². The predicted molar refractivity (Wildman–Crippen MR) is 196 cm³/mol. The monoisotopic (exact) mass is 925 g/mol. The number of aromatic nitrogens is 3. The Hall–Kier alpha value is -8.04. The summed E-state index contributed by atoms with van der Waals surface area (Å²) in [6, 6.07) is 9.39. The van der Waals surface area contributed by atoms with Crippen molar-refractivity contribution in [2.75, 3.05) is 16.8 Å². The van der Waals surface area contributed by atoms with E-state index in [9.17, 15) is 62.3 Å². The van der Waals surface area contributed by atoms with Gasteiger partial charge in [-0.25, -0.2) is 27.7 Å². The molecule has 0 aliphatic rings. The van der Waals surface area contributed by atoms with Crippen LogP contribution >= 0.6 is 0 Å². The molecule has 5 aromatic rings. The first-order chi connectivity index (χ1) is 29.4. The third-order valence-corrected chi connectivity index (χ3v) is 7.29. The normalized spacial score (nSPS) is 11.1. The second-order valence-electron chi connectivity index (χ2n) is 12.4. The maximum absolute atomic E-state index is 14.5. The number of carbonyl (C=O) groups excluding carboxylic acids is 1. The molecule has 2 aromatic heterocycles. The van der Waals surface area contributed by atoms with Crippen molar-refractivity contribution in [2.24, 2.45) is 0 Å². The van der Waals surface area contributed by atoms with E-state index in [2.05, 4.69) is 20.8 Å². The van der Waals surface area contributed by atoms with Crippen molar-refractivity contribution in [3.8, 4) is 23.4 Å². The number of nitrogens with one attached hydrogen (secondary N) is 2. The van der Waals surface area contributed by atoms with Crippen LogP contribution in [0.2, 0.25) is 0 Å². The van der Waals surface area contributed by atoms with Crippen molar-refractivity contribution >= 4 is 46.1 Å². The van der Waals surface area contributed by atoms with Gasteiger partial charge in [0.05, 0.1) is 34.0 Å². The molecule has 2 heterocycles. The number of hydrogen-bond acceptors (Lipinski definition) is 12. The minimum atomic E-state index is -5.08. The number of halogens is 12. The van der Waals surface area contributed by atoms with E-state index >= 15 is 0 Å². The SMILES string of the molecule is CC(C)Nc1ncc(-c2cc(N)cc(C(F)(F)F)c2)n(CC(=O)NCc2cc3onc(N)c3cc2F)c1=O.N#Cc1cc(F)c(C#N)cc1F.O=C(O)C(F)(F)F.O=C(O)C(F)(F)F. The lowest BCUT2D eigenvalue weighted by Crippen LogP contribution is -2.35. The number of carboxylic acids is 2. The summed E-state index contributed by atoms with van der Waals surface area (Å²) in [6.07, 6.45) is -13.7. The van der Waals surface area contributed by atoms with Crippen molar-refractivity contribution in [2.45, 2.75) is 51.5 Å². The van der Waals surface area contributed by atoms with Gasteiger partial charge in [0.15, 0.2) is 17.2 Å². The number of benzene rings is 3. The zero-order valence-electron chi connectivity index (χ0n) is 32.0. The molecule has 16 nitrogen and oxygen atoms in total. The number of carboxylic acid groups (broad SMARTS) is 2. The lowest BCUT2D eigenvalue weighted by atomic mass is 10.1. The van der Waals surface area contributed by atoms with Crippen LogP contribution in [0, 0.1) is 40.1 Å². The van der Waals surface area contributed by atoms with Crippen molar-refractivity contribution in [1.82, 2.24) is 20.0 Å². The van der Waals surface area contributed by atoms with Crippen LogP contribution in [0.5, 0.6) is 0 Å². The number of nitrogens with zero attached hydrogens (tertiary/aromatic N) is 5. The highest BCUT2D eigenvalue weighted by molar-refractivity contribution is 5.87. The molecule has 0 bridgehead atoms. The van der Waals surface area contributed by atoms with Gasteiger partial charge >= 0.3 is 30.5 Å². The van der Waals surface area contributed by atoms with E-state index in [1.807, 2.05) is 0 Å². The lowest BCUT2D eigenvalue weighted by Gasteiger charge is -2.17. The summed E-state index contributed by atoms with van der Waals surface area (Å²) < 4.78 is 149. The molecule has 1 amide bonds. The van der Waals surface area contributed by atoms with Crippen molar-refractivity contribution in [3.05, 3.63) is 98.7 Å². The van der Waals surface area contributed by atoms with E-state index in [1.54, 1.807) is 13.8 Å². The molecule has 0 unspecified atom stereocenters. The average molecular weight is 926 g/mol. The third-order valence-electron chi connectivity index (χ3n) is 7.29. The Balaban J connectivity index is 0.000000437. The highest BCUT2D eigenvalue weighted by Crippen LogP contribution is 2.34. The molecule has 0 radical (unpaired) electrons.